The van der Waals surface area contributed by atoms with Gasteiger partial charge in [0.15, 0.2) is 0 Å². The first kappa shape index (κ1) is 32.7. The van der Waals surface area contributed by atoms with Gasteiger partial charge in [0.25, 0.3) is 0 Å². The number of hydrogen-bond donors (Lipinski definition) is 0. The maximum absolute atomic E-state index is 5.35. The number of nitrogens with zero attached hydrogens (tertiary/aromatic N) is 3. The van der Waals surface area contributed by atoms with Gasteiger partial charge in [0.05, 0.1) is 23.6 Å². The van der Waals surface area contributed by atoms with Crippen LogP contribution < -0.4 is 0 Å². The van der Waals surface area contributed by atoms with Crippen LogP contribution in [0.15, 0.2) is 51.4 Å². The van der Waals surface area contributed by atoms with Crippen LogP contribution in [0.5, 0.6) is 0 Å². The molecule has 0 fully saturated rings. The molecule has 0 spiro atoms. The van der Waals surface area contributed by atoms with Gasteiger partial charge in [0.1, 0.15) is 0 Å². The van der Waals surface area contributed by atoms with Crippen molar-refractivity contribution < 1.29 is 0 Å². The van der Waals surface area contributed by atoms with Gasteiger partial charge in [0, 0.05) is 22.8 Å². The lowest BCUT2D eigenvalue weighted by Gasteiger charge is -2.24. The molecule has 0 saturated heterocycles. The van der Waals surface area contributed by atoms with E-state index in [2.05, 4.69) is 133 Å². The molecule has 0 unspecified atom stereocenters. The van der Waals surface area contributed by atoms with E-state index in [1.165, 1.54) is 22.3 Å². The summed E-state index contributed by atoms with van der Waals surface area (Å²) < 4.78 is 0. The average Bonchev–Trinajstić information content (AvgIpc) is 2.80. The zero-order valence-electron chi connectivity index (χ0n) is 27.4. The van der Waals surface area contributed by atoms with Gasteiger partial charge >= 0.3 is 0 Å². The van der Waals surface area contributed by atoms with Gasteiger partial charge in [-0.1, -0.05) is 133 Å². The molecule has 2 aromatic carbocycles. The van der Waals surface area contributed by atoms with Crippen molar-refractivity contribution in [1.82, 2.24) is 0 Å². The Labute approximate surface area is 240 Å². The maximum Gasteiger partial charge on any atom is 0.0778 e. The molecule has 39 heavy (non-hydrogen) atoms. The van der Waals surface area contributed by atoms with Crippen molar-refractivity contribution in [3.05, 3.63) is 58.7 Å². The number of benzene rings is 2. The van der Waals surface area contributed by atoms with E-state index in [0.717, 1.165) is 22.8 Å². The Hall–Kier alpha value is -2.55. The minimum Gasteiger partial charge on any atom is -0.285 e. The molecule has 2 aromatic rings. The van der Waals surface area contributed by atoms with Crippen LogP contribution in [0.25, 0.3) is 0 Å². The molecular formula is C36H55N3. The van der Waals surface area contributed by atoms with Crippen molar-refractivity contribution in [1.29, 1.82) is 0 Å². The van der Waals surface area contributed by atoms with Crippen LogP contribution >= 0.6 is 0 Å². The summed E-state index contributed by atoms with van der Waals surface area (Å²) in [6.45, 7) is 31.9. The summed E-state index contributed by atoms with van der Waals surface area (Å²) in [5.74, 6) is 1.61. The van der Waals surface area contributed by atoms with Crippen molar-refractivity contribution in [3.8, 4) is 0 Å². The first-order chi connectivity index (χ1) is 17.9. The number of rotatable bonds is 9. The molecule has 214 valence electrons. The van der Waals surface area contributed by atoms with E-state index in [1.807, 2.05) is 6.21 Å². The average molecular weight is 530 g/mol. The van der Waals surface area contributed by atoms with Gasteiger partial charge in [-0.05, 0) is 45.9 Å². The Morgan fingerprint density at radius 2 is 0.949 bits per heavy atom. The highest BCUT2D eigenvalue weighted by atomic mass is 14.9. The summed E-state index contributed by atoms with van der Waals surface area (Å²) >= 11 is 0. The smallest absolute Gasteiger partial charge is 0.0778 e. The topological polar surface area (TPSA) is 37.1 Å². The lowest BCUT2D eigenvalue weighted by molar-refractivity contribution is 0.583. The number of aliphatic imine (C=N–C) groups is 3. The minimum atomic E-state index is -0.143. The molecule has 0 aliphatic rings. The lowest BCUT2D eigenvalue weighted by atomic mass is 9.88. The Morgan fingerprint density at radius 1 is 0.590 bits per heavy atom. The molecular weight excluding hydrogens is 474 g/mol. The molecule has 0 aromatic heterocycles. The van der Waals surface area contributed by atoms with Crippen molar-refractivity contribution in [2.45, 2.75) is 121 Å². The van der Waals surface area contributed by atoms with E-state index in [9.17, 15) is 0 Å². The summed E-state index contributed by atoms with van der Waals surface area (Å²) in [5, 5.41) is 0. The van der Waals surface area contributed by atoms with Gasteiger partial charge in [0.2, 0.25) is 0 Å². The maximum atomic E-state index is 5.35. The molecule has 0 bridgehead atoms. The molecule has 2 rings (SSSR count). The van der Waals surface area contributed by atoms with Crippen LogP contribution in [0.2, 0.25) is 0 Å². The Balaban J connectivity index is 2.64. The van der Waals surface area contributed by atoms with Gasteiger partial charge in [-0.15, -0.1) is 0 Å². The van der Waals surface area contributed by atoms with Gasteiger partial charge in [-0.2, -0.15) is 0 Å². The third-order valence-corrected chi connectivity index (χ3v) is 7.25. The fourth-order valence-electron chi connectivity index (χ4n) is 4.59. The molecule has 0 atom stereocenters. The van der Waals surface area contributed by atoms with E-state index < -0.39 is 0 Å². The Kier molecular flexibility index (Phi) is 11.1. The monoisotopic (exact) mass is 529 g/mol. The molecule has 3 nitrogen and oxygen atoms in total. The van der Waals surface area contributed by atoms with Crippen molar-refractivity contribution in [2.75, 3.05) is 6.54 Å². The standard InChI is InChI=1S/C36H55N3/c1-23(2)27-17-15-18-28(24(3)4)33(27)38-31(35(9,10)11)21-37-22-32(36(12,13)14)39-34-29(25(5)6)19-16-20-30(34)26(7)8/h15-21,23-26H,22H2,1-14H3. The van der Waals surface area contributed by atoms with Crippen molar-refractivity contribution in [3.63, 3.8) is 0 Å². The van der Waals surface area contributed by atoms with Crippen molar-refractivity contribution in [2.24, 2.45) is 25.8 Å². The summed E-state index contributed by atoms with van der Waals surface area (Å²) in [6, 6.07) is 13.2. The van der Waals surface area contributed by atoms with Crippen molar-refractivity contribution >= 4 is 29.0 Å². The highest BCUT2D eigenvalue weighted by Gasteiger charge is 2.23. The minimum absolute atomic E-state index is 0.107. The lowest BCUT2D eigenvalue weighted by Crippen LogP contribution is -2.25. The van der Waals surface area contributed by atoms with Crippen LogP contribution in [-0.2, 0) is 0 Å². The second kappa shape index (κ2) is 13.2. The van der Waals surface area contributed by atoms with Crippen LogP contribution in [-0.4, -0.2) is 24.2 Å². The Morgan fingerprint density at radius 3 is 1.26 bits per heavy atom. The van der Waals surface area contributed by atoms with Gasteiger partial charge in [-0.25, -0.2) is 0 Å². The predicted molar refractivity (Wildman–Crippen MR) is 176 cm³/mol. The first-order valence-corrected chi connectivity index (χ1v) is 14.9. The summed E-state index contributed by atoms with van der Waals surface area (Å²) in [7, 11) is 0. The highest BCUT2D eigenvalue weighted by molar-refractivity contribution is 6.33. The molecule has 0 aliphatic carbocycles. The quantitative estimate of drug-likeness (QED) is 0.290. The van der Waals surface area contributed by atoms with Crippen LogP contribution in [0.3, 0.4) is 0 Å². The summed E-state index contributed by atoms with van der Waals surface area (Å²) in [6.07, 6.45) is 2.00. The second-order valence-corrected chi connectivity index (χ2v) is 14.2. The zero-order chi connectivity index (χ0) is 29.7. The van der Waals surface area contributed by atoms with Gasteiger partial charge in [-0.3, -0.25) is 15.0 Å². The molecule has 0 heterocycles. The normalized spacial score (nSPS) is 14.1. The van der Waals surface area contributed by atoms with E-state index in [1.54, 1.807) is 0 Å². The van der Waals surface area contributed by atoms with Crippen LogP contribution in [0.1, 0.15) is 143 Å². The van der Waals surface area contributed by atoms with Crippen LogP contribution in [0.4, 0.5) is 11.4 Å². The third-order valence-electron chi connectivity index (χ3n) is 7.25. The number of hydrogen-bond acceptors (Lipinski definition) is 3. The van der Waals surface area contributed by atoms with E-state index in [-0.39, 0.29) is 10.8 Å². The molecule has 0 aliphatic heterocycles. The fourth-order valence-corrected chi connectivity index (χ4v) is 4.59. The van der Waals surface area contributed by atoms with Gasteiger partial charge < -0.3 is 0 Å². The fraction of sp³-hybridized carbons (Fsp3) is 0.583. The zero-order valence-corrected chi connectivity index (χ0v) is 27.4. The highest BCUT2D eigenvalue weighted by Crippen LogP contribution is 2.37. The SMILES string of the molecule is CC(C)c1cccc(C(C)C)c1N=C(C=NCC(=Nc1c(C(C)C)cccc1C(C)C)C(C)(C)C)C(C)(C)C. The first-order valence-electron chi connectivity index (χ1n) is 14.9. The van der Waals surface area contributed by atoms with E-state index in [4.69, 9.17) is 15.0 Å². The molecule has 0 radical (unpaired) electrons. The molecule has 0 N–H and O–H groups in total. The summed E-state index contributed by atoms with van der Waals surface area (Å²) in [5.41, 5.74) is 9.25. The van der Waals surface area contributed by atoms with Crippen LogP contribution in [0, 0.1) is 10.8 Å². The third kappa shape index (κ3) is 8.72. The largest absolute Gasteiger partial charge is 0.285 e. The number of para-hydroxylation sites is 2. The van der Waals surface area contributed by atoms with E-state index >= 15 is 0 Å². The molecule has 0 saturated carbocycles. The summed E-state index contributed by atoms with van der Waals surface area (Å²) in [4.78, 5) is 15.7. The Bertz CT molecular complexity index is 1140. The molecule has 3 heteroatoms. The van der Waals surface area contributed by atoms with E-state index in [0.29, 0.717) is 30.2 Å². The predicted octanol–water partition coefficient (Wildman–Crippen LogP) is 11.2. The second-order valence-electron chi connectivity index (χ2n) is 14.2. The molecule has 0 amide bonds.